The summed E-state index contributed by atoms with van der Waals surface area (Å²) in [5, 5.41) is 10.9. The number of aliphatic carboxylic acids is 1. The Labute approximate surface area is 132 Å². The normalized spacial score (nSPS) is 10.9. The van der Waals surface area contributed by atoms with Crippen molar-refractivity contribution in [3.8, 4) is 11.5 Å². The van der Waals surface area contributed by atoms with Crippen molar-refractivity contribution in [3.63, 3.8) is 0 Å². The molecule has 6 nitrogen and oxygen atoms in total. The van der Waals surface area contributed by atoms with E-state index in [9.17, 15) is 14.7 Å². The van der Waals surface area contributed by atoms with Gasteiger partial charge in [-0.1, -0.05) is 6.07 Å². The first kappa shape index (κ1) is 17.8. The van der Waals surface area contributed by atoms with Crippen LogP contribution in [-0.4, -0.2) is 26.2 Å². The Morgan fingerprint density at radius 1 is 1.16 bits per heavy atom. The van der Waals surface area contributed by atoms with E-state index in [1.54, 1.807) is 0 Å². The molecule has 1 atom stereocenters. The van der Waals surface area contributed by atoms with Crippen LogP contribution in [0.1, 0.15) is 18.6 Å². The number of hydrogen-bond acceptors (Lipinski definition) is 6. The SMILES string of the molecule is COc1ccc([C@H](OC(C)=O)C(=O)[O-])cc1OC.[Na+]. The number of ether oxygens (including phenoxy) is 3. The maximum Gasteiger partial charge on any atom is 1.00 e. The van der Waals surface area contributed by atoms with Gasteiger partial charge in [0.15, 0.2) is 17.6 Å². The van der Waals surface area contributed by atoms with Crippen LogP contribution < -0.4 is 44.1 Å². The molecule has 0 heterocycles. The van der Waals surface area contributed by atoms with Gasteiger partial charge in [-0.15, -0.1) is 0 Å². The molecule has 19 heavy (non-hydrogen) atoms. The fourth-order valence-electron chi connectivity index (χ4n) is 1.43. The number of carbonyl (C=O) groups is 2. The van der Waals surface area contributed by atoms with Crippen LogP contribution in [0.15, 0.2) is 18.2 Å². The second-order valence-corrected chi connectivity index (χ2v) is 3.42. The van der Waals surface area contributed by atoms with Crippen molar-refractivity contribution in [2.45, 2.75) is 13.0 Å². The third kappa shape index (κ3) is 4.74. The number of esters is 1. The van der Waals surface area contributed by atoms with Gasteiger partial charge in [0.2, 0.25) is 0 Å². The van der Waals surface area contributed by atoms with E-state index in [4.69, 9.17) is 9.47 Å². The van der Waals surface area contributed by atoms with E-state index in [2.05, 4.69) is 4.74 Å². The first-order valence-corrected chi connectivity index (χ1v) is 5.09. The molecule has 0 spiro atoms. The molecule has 0 aliphatic carbocycles. The summed E-state index contributed by atoms with van der Waals surface area (Å²) in [5.74, 6) is -1.43. The van der Waals surface area contributed by atoms with Crippen molar-refractivity contribution < 1.29 is 58.5 Å². The number of carboxylic acid groups (broad SMARTS) is 1. The third-order valence-corrected chi connectivity index (χ3v) is 2.21. The molecule has 1 rings (SSSR count). The van der Waals surface area contributed by atoms with Crippen LogP contribution in [-0.2, 0) is 14.3 Å². The summed E-state index contributed by atoms with van der Waals surface area (Å²) in [6.45, 7) is 1.12. The van der Waals surface area contributed by atoms with Gasteiger partial charge >= 0.3 is 35.5 Å². The van der Waals surface area contributed by atoms with Crippen LogP contribution in [0.5, 0.6) is 11.5 Å². The molecule has 0 saturated heterocycles. The van der Waals surface area contributed by atoms with Gasteiger partial charge < -0.3 is 24.1 Å². The summed E-state index contributed by atoms with van der Waals surface area (Å²) in [5.41, 5.74) is 0.239. The summed E-state index contributed by atoms with van der Waals surface area (Å²) in [6, 6.07) is 4.40. The molecule has 0 N–H and O–H groups in total. The molecule has 0 aromatic heterocycles. The average Bonchev–Trinajstić information content (AvgIpc) is 2.34. The summed E-state index contributed by atoms with van der Waals surface area (Å²) >= 11 is 0. The Kier molecular flexibility index (Phi) is 7.51. The van der Waals surface area contributed by atoms with Gasteiger partial charge in [0.1, 0.15) is 0 Å². The molecule has 0 fully saturated rings. The van der Waals surface area contributed by atoms with Crippen LogP contribution in [0, 0.1) is 0 Å². The van der Waals surface area contributed by atoms with Crippen LogP contribution in [0.2, 0.25) is 0 Å². The first-order chi connectivity index (χ1) is 8.49. The van der Waals surface area contributed by atoms with Crippen LogP contribution in [0.3, 0.4) is 0 Å². The quantitative estimate of drug-likeness (QED) is 0.422. The molecule has 0 saturated carbocycles. The minimum absolute atomic E-state index is 0. The maximum atomic E-state index is 10.9. The van der Waals surface area contributed by atoms with E-state index in [1.807, 2.05) is 0 Å². The van der Waals surface area contributed by atoms with E-state index in [1.165, 1.54) is 32.4 Å². The van der Waals surface area contributed by atoms with Gasteiger partial charge in [-0.25, -0.2) is 0 Å². The molecule has 0 radical (unpaired) electrons. The Hall–Kier alpha value is -1.24. The van der Waals surface area contributed by atoms with E-state index >= 15 is 0 Å². The molecule has 1 aromatic rings. The van der Waals surface area contributed by atoms with Gasteiger partial charge in [-0.05, 0) is 12.1 Å². The van der Waals surface area contributed by atoms with Crippen molar-refractivity contribution in [2.75, 3.05) is 14.2 Å². The number of methoxy groups -OCH3 is 2. The van der Waals surface area contributed by atoms with Gasteiger partial charge in [0.25, 0.3) is 0 Å². The number of rotatable bonds is 5. The van der Waals surface area contributed by atoms with E-state index < -0.39 is 18.0 Å². The average molecular weight is 276 g/mol. The Bertz CT molecular complexity index is 460. The smallest absolute Gasteiger partial charge is 0.546 e. The van der Waals surface area contributed by atoms with Crippen molar-refractivity contribution in [1.29, 1.82) is 0 Å². The zero-order valence-corrected chi connectivity index (χ0v) is 13.3. The number of hydrogen-bond donors (Lipinski definition) is 0. The number of carbonyl (C=O) groups excluding carboxylic acids is 2. The van der Waals surface area contributed by atoms with Crippen molar-refractivity contribution in [1.82, 2.24) is 0 Å². The van der Waals surface area contributed by atoms with Crippen LogP contribution in [0.4, 0.5) is 0 Å². The van der Waals surface area contributed by atoms with Gasteiger partial charge in [0, 0.05) is 12.5 Å². The molecule has 0 unspecified atom stereocenters. The fourth-order valence-corrected chi connectivity index (χ4v) is 1.43. The molecule has 7 heteroatoms. The summed E-state index contributed by atoms with van der Waals surface area (Å²) in [7, 11) is 2.88. The standard InChI is InChI=1S/C12H14O6.Na/c1-7(13)18-11(12(14)15)8-4-5-9(16-2)10(6-8)17-3;/h4-6,11H,1-3H3,(H,14,15);/q;+1/p-1/t11-;/m0./s1. The summed E-state index contributed by atoms with van der Waals surface area (Å²) in [6.07, 6.45) is -1.47. The fraction of sp³-hybridized carbons (Fsp3) is 0.333. The van der Waals surface area contributed by atoms with E-state index in [-0.39, 0.29) is 35.1 Å². The van der Waals surface area contributed by atoms with Crippen LogP contribution >= 0.6 is 0 Å². The summed E-state index contributed by atoms with van der Waals surface area (Å²) in [4.78, 5) is 21.8. The molecule has 1 aromatic carbocycles. The van der Waals surface area contributed by atoms with Crippen molar-refractivity contribution in [3.05, 3.63) is 23.8 Å². The summed E-state index contributed by atoms with van der Waals surface area (Å²) < 4.78 is 14.7. The first-order valence-electron chi connectivity index (χ1n) is 5.09. The monoisotopic (exact) mass is 276 g/mol. The third-order valence-electron chi connectivity index (χ3n) is 2.21. The number of benzene rings is 1. The van der Waals surface area contributed by atoms with Crippen molar-refractivity contribution in [2.24, 2.45) is 0 Å². The molecule has 0 amide bonds. The molecule has 0 aliphatic heterocycles. The predicted molar refractivity (Wildman–Crippen MR) is 59.1 cm³/mol. The Morgan fingerprint density at radius 2 is 1.74 bits per heavy atom. The Morgan fingerprint density at radius 3 is 2.16 bits per heavy atom. The molecule has 98 valence electrons. The second-order valence-electron chi connectivity index (χ2n) is 3.42. The number of carboxylic acids is 1. The zero-order chi connectivity index (χ0) is 13.7. The van der Waals surface area contributed by atoms with Crippen LogP contribution in [0.25, 0.3) is 0 Å². The minimum atomic E-state index is -1.50. The van der Waals surface area contributed by atoms with E-state index in [0.29, 0.717) is 11.5 Å². The van der Waals surface area contributed by atoms with E-state index in [0.717, 1.165) is 6.92 Å². The maximum absolute atomic E-state index is 10.9. The molecule has 0 bridgehead atoms. The second kappa shape index (κ2) is 8.04. The van der Waals surface area contributed by atoms with Crippen molar-refractivity contribution >= 4 is 11.9 Å². The predicted octanol–water partition coefficient (Wildman–Crippen LogP) is -2.94. The molecular formula is C12H13NaO6. The van der Waals surface area contributed by atoms with Gasteiger partial charge in [-0.3, -0.25) is 4.79 Å². The van der Waals surface area contributed by atoms with Gasteiger partial charge in [0.05, 0.1) is 20.2 Å². The largest absolute Gasteiger partial charge is 1.00 e. The minimum Gasteiger partial charge on any atom is -0.546 e. The molecule has 0 aliphatic rings. The van der Waals surface area contributed by atoms with Gasteiger partial charge in [-0.2, -0.15) is 0 Å². The molecular weight excluding hydrogens is 263 g/mol. The topological polar surface area (TPSA) is 84.9 Å². The Balaban J connectivity index is 0.00000324. The zero-order valence-electron chi connectivity index (χ0n) is 11.3.